The fourth-order valence-electron chi connectivity index (χ4n) is 1.12. The molecule has 0 aliphatic carbocycles. The van der Waals surface area contributed by atoms with Gasteiger partial charge in [-0.1, -0.05) is 0 Å². The summed E-state index contributed by atoms with van der Waals surface area (Å²) in [5.74, 6) is -0.861. The average Bonchev–Trinajstić information content (AvgIpc) is 1.62. The standard InChI is InChI=1S/C6H10O3/c1-4-3-6(2,9-4)5(7)8/h4H,3H2,1-2H3,(H,7,8). The van der Waals surface area contributed by atoms with Gasteiger partial charge in [-0.25, -0.2) is 4.79 Å². The molecule has 0 aromatic rings. The molecule has 2 unspecified atom stereocenters. The summed E-state index contributed by atoms with van der Waals surface area (Å²) < 4.78 is 4.99. The summed E-state index contributed by atoms with van der Waals surface area (Å²) in [6.45, 7) is 3.46. The second-order valence-electron chi connectivity index (χ2n) is 2.67. The number of hydrogen-bond donors (Lipinski definition) is 1. The molecule has 3 nitrogen and oxygen atoms in total. The minimum atomic E-state index is -0.889. The summed E-state index contributed by atoms with van der Waals surface area (Å²) in [6, 6.07) is 0. The van der Waals surface area contributed by atoms with Gasteiger partial charge in [0, 0.05) is 6.42 Å². The Hall–Kier alpha value is -0.570. The second-order valence-corrected chi connectivity index (χ2v) is 2.67. The molecular weight excluding hydrogens is 120 g/mol. The molecule has 0 aromatic heterocycles. The van der Waals surface area contributed by atoms with E-state index in [0.717, 1.165) is 0 Å². The van der Waals surface area contributed by atoms with E-state index < -0.39 is 11.6 Å². The Morgan fingerprint density at radius 3 is 2.44 bits per heavy atom. The van der Waals surface area contributed by atoms with Gasteiger partial charge in [-0.2, -0.15) is 0 Å². The SMILES string of the molecule is CC1CC(C)(C(=O)O)O1. The van der Waals surface area contributed by atoms with E-state index in [1.54, 1.807) is 6.92 Å². The first kappa shape index (κ1) is 6.55. The highest BCUT2D eigenvalue weighted by Gasteiger charge is 2.45. The van der Waals surface area contributed by atoms with E-state index in [1.807, 2.05) is 6.92 Å². The fraction of sp³-hybridized carbons (Fsp3) is 0.833. The molecule has 3 heteroatoms. The second kappa shape index (κ2) is 1.70. The molecule has 1 N–H and O–H groups in total. The van der Waals surface area contributed by atoms with Gasteiger partial charge in [0.15, 0.2) is 5.60 Å². The lowest BCUT2D eigenvalue weighted by Crippen LogP contribution is -2.52. The summed E-state index contributed by atoms with van der Waals surface area (Å²) in [4.78, 5) is 10.3. The summed E-state index contributed by atoms with van der Waals surface area (Å²) in [7, 11) is 0. The van der Waals surface area contributed by atoms with Crippen molar-refractivity contribution in [2.45, 2.75) is 32.0 Å². The van der Waals surface area contributed by atoms with Crippen molar-refractivity contribution >= 4 is 5.97 Å². The van der Waals surface area contributed by atoms with Gasteiger partial charge in [-0.05, 0) is 13.8 Å². The van der Waals surface area contributed by atoms with Gasteiger partial charge in [0.1, 0.15) is 0 Å². The molecule has 2 atom stereocenters. The number of rotatable bonds is 1. The molecule has 0 amide bonds. The van der Waals surface area contributed by atoms with E-state index in [9.17, 15) is 4.79 Å². The van der Waals surface area contributed by atoms with Crippen LogP contribution >= 0.6 is 0 Å². The van der Waals surface area contributed by atoms with Crippen molar-refractivity contribution < 1.29 is 14.6 Å². The number of carboxylic acid groups (broad SMARTS) is 1. The third kappa shape index (κ3) is 0.920. The first-order valence-corrected chi connectivity index (χ1v) is 2.96. The topological polar surface area (TPSA) is 46.5 Å². The Balaban J connectivity index is 2.50. The first-order valence-electron chi connectivity index (χ1n) is 2.96. The number of carboxylic acids is 1. The van der Waals surface area contributed by atoms with E-state index in [0.29, 0.717) is 6.42 Å². The van der Waals surface area contributed by atoms with Gasteiger partial charge < -0.3 is 9.84 Å². The summed E-state index contributed by atoms with van der Waals surface area (Å²) in [5.41, 5.74) is -0.889. The Kier molecular flexibility index (Phi) is 1.24. The van der Waals surface area contributed by atoms with Crippen molar-refractivity contribution in [3.05, 3.63) is 0 Å². The third-order valence-corrected chi connectivity index (χ3v) is 1.59. The van der Waals surface area contributed by atoms with E-state index >= 15 is 0 Å². The van der Waals surface area contributed by atoms with Crippen LogP contribution in [0.2, 0.25) is 0 Å². The first-order chi connectivity index (χ1) is 4.04. The van der Waals surface area contributed by atoms with Gasteiger partial charge in [-0.15, -0.1) is 0 Å². The molecule has 0 saturated carbocycles. The number of aliphatic carboxylic acids is 1. The lowest BCUT2D eigenvalue weighted by atomic mass is 9.92. The molecule has 1 saturated heterocycles. The van der Waals surface area contributed by atoms with E-state index in [2.05, 4.69) is 0 Å². The molecule has 9 heavy (non-hydrogen) atoms. The molecule has 1 rings (SSSR count). The van der Waals surface area contributed by atoms with Gasteiger partial charge >= 0.3 is 5.97 Å². The maximum Gasteiger partial charge on any atom is 0.335 e. The molecule has 1 aliphatic rings. The highest BCUT2D eigenvalue weighted by Crippen LogP contribution is 2.31. The molecule has 0 bridgehead atoms. The quantitative estimate of drug-likeness (QED) is 0.566. The van der Waals surface area contributed by atoms with E-state index in [-0.39, 0.29) is 6.10 Å². The van der Waals surface area contributed by atoms with Crippen LogP contribution in [0.3, 0.4) is 0 Å². The van der Waals surface area contributed by atoms with Crippen LogP contribution in [0.15, 0.2) is 0 Å². The lowest BCUT2D eigenvalue weighted by Gasteiger charge is -2.40. The van der Waals surface area contributed by atoms with Crippen LogP contribution in [0.5, 0.6) is 0 Å². The largest absolute Gasteiger partial charge is 0.479 e. The summed E-state index contributed by atoms with van der Waals surface area (Å²) in [6.07, 6.45) is 0.744. The molecule has 0 aromatic carbocycles. The van der Waals surface area contributed by atoms with Gasteiger partial charge in [0.05, 0.1) is 6.10 Å². The van der Waals surface area contributed by atoms with Crippen molar-refractivity contribution in [1.29, 1.82) is 0 Å². The zero-order valence-electron chi connectivity index (χ0n) is 5.55. The monoisotopic (exact) mass is 130 g/mol. The van der Waals surface area contributed by atoms with Gasteiger partial charge in [-0.3, -0.25) is 0 Å². The molecule has 0 radical (unpaired) electrons. The van der Waals surface area contributed by atoms with Crippen molar-refractivity contribution in [3.8, 4) is 0 Å². The molecule has 0 spiro atoms. The maximum atomic E-state index is 10.3. The molecule has 1 heterocycles. The Labute approximate surface area is 53.6 Å². The van der Waals surface area contributed by atoms with Crippen LogP contribution in [-0.4, -0.2) is 22.8 Å². The van der Waals surface area contributed by atoms with Crippen LogP contribution in [-0.2, 0) is 9.53 Å². The highest BCUT2D eigenvalue weighted by atomic mass is 16.6. The average molecular weight is 130 g/mol. The highest BCUT2D eigenvalue weighted by molar-refractivity contribution is 5.77. The molecular formula is C6H10O3. The van der Waals surface area contributed by atoms with Crippen molar-refractivity contribution in [3.63, 3.8) is 0 Å². The Bertz CT molecular complexity index is 135. The van der Waals surface area contributed by atoms with Crippen LogP contribution in [0, 0.1) is 0 Å². The molecule has 1 aliphatic heterocycles. The summed E-state index contributed by atoms with van der Waals surface area (Å²) in [5, 5.41) is 8.49. The van der Waals surface area contributed by atoms with Crippen molar-refractivity contribution in [1.82, 2.24) is 0 Å². The lowest BCUT2D eigenvalue weighted by molar-refractivity contribution is -0.211. The van der Waals surface area contributed by atoms with E-state index in [4.69, 9.17) is 9.84 Å². The maximum absolute atomic E-state index is 10.3. The summed E-state index contributed by atoms with van der Waals surface area (Å²) >= 11 is 0. The zero-order valence-corrected chi connectivity index (χ0v) is 5.55. The van der Waals surface area contributed by atoms with Crippen LogP contribution < -0.4 is 0 Å². The smallest absolute Gasteiger partial charge is 0.335 e. The Morgan fingerprint density at radius 1 is 1.89 bits per heavy atom. The predicted molar refractivity (Wildman–Crippen MR) is 31.2 cm³/mol. The van der Waals surface area contributed by atoms with Crippen LogP contribution in [0.25, 0.3) is 0 Å². The molecule has 1 fully saturated rings. The number of hydrogen-bond acceptors (Lipinski definition) is 2. The van der Waals surface area contributed by atoms with Crippen molar-refractivity contribution in [2.24, 2.45) is 0 Å². The van der Waals surface area contributed by atoms with Gasteiger partial charge in [0.25, 0.3) is 0 Å². The normalized spacial score (nSPS) is 41.8. The minimum absolute atomic E-state index is 0.117. The van der Waals surface area contributed by atoms with E-state index in [1.165, 1.54) is 0 Å². The van der Waals surface area contributed by atoms with Crippen LogP contribution in [0.4, 0.5) is 0 Å². The Morgan fingerprint density at radius 2 is 2.33 bits per heavy atom. The number of ether oxygens (including phenoxy) is 1. The van der Waals surface area contributed by atoms with Crippen LogP contribution in [0.1, 0.15) is 20.3 Å². The van der Waals surface area contributed by atoms with Crippen molar-refractivity contribution in [2.75, 3.05) is 0 Å². The molecule has 52 valence electrons. The predicted octanol–water partition coefficient (Wildman–Crippen LogP) is 0.639. The van der Waals surface area contributed by atoms with Gasteiger partial charge in [0.2, 0.25) is 0 Å². The minimum Gasteiger partial charge on any atom is -0.479 e. The third-order valence-electron chi connectivity index (χ3n) is 1.59. The number of carbonyl (C=O) groups is 1. The zero-order chi connectivity index (χ0) is 7.07. The fourth-order valence-corrected chi connectivity index (χ4v) is 1.12.